The van der Waals surface area contributed by atoms with Crippen molar-refractivity contribution in [2.24, 2.45) is 0 Å². The van der Waals surface area contributed by atoms with Gasteiger partial charge in [-0.05, 0) is 25.6 Å². The van der Waals surface area contributed by atoms with Gasteiger partial charge in [-0.2, -0.15) is 0 Å². The lowest BCUT2D eigenvalue weighted by molar-refractivity contribution is -0.151. The van der Waals surface area contributed by atoms with E-state index < -0.39 is 0 Å². The molecule has 1 aromatic carbocycles. The number of amides is 1. The van der Waals surface area contributed by atoms with E-state index in [1.807, 2.05) is 18.0 Å². The van der Waals surface area contributed by atoms with Crippen LogP contribution in [0.15, 0.2) is 24.3 Å². The summed E-state index contributed by atoms with van der Waals surface area (Å²) < 4.78 is 5.72. The van der Waals surface area contributed by atoms with Crippen LogP contribution in [-0.2, 0) is 16.1 Å². The standard InChI is InChI=1S/C17H25N3O2/c1-13-10-19(3)15-7-5-4-6-14(15)11-20(13)17(21)16-12-18(2)8-9-22-16/h4-7,13,16H,8-12H2,1-3H3/t13-,16-/m0/s1. The van der Waals surface area contributed by atoms with Gasteiger partial charge in [0, 0.05) is 45.0 Å². The van der Waals surface area contributed by atoms with Gasteiger partial charge in [-0.3, -0.25) is 4.79 Å². The van der Waals surface area contributed by atoms with Crippen LogP contribution in [0.3, 0.4) is 0 Å². The number of para-hydroxylation sites is 1. The molecule has 1 amide bonds. The Balaban J connectivity index is 1.82. The van der Waals surface area contributed by atoms with Gasteiger partial charge >= 0.3 is 0 Å². The summed E-state index contributed by atoms with van der Waals surface area (Å²) in [7, 11) is 4.13. The fraction of sp³-hybridized carbons (Fsp3) is 0.588. The molecule has 1 saturated heterocycles. The molecule has 2 aliphatic rings. The summed E-state index contributed by atoms with van der Waals surface area (Å²) in [5, 5.41) is 0. The highest BCUT2D eigenvalue weighted by Gasteiger charge is 2.33. The molecule has 0 aliphatic carbocycles. The zero-order valence-electron chi connectivity index (χ0n) is 13.7. The second-order valence-electron chi connectivity index (χ2n) is 6.45. The molecule has 0 saturated carbocycles. The van der Waals surface area contributed by atoms with Gasteiger partial charge < -0.3 is 19.4 Å². The number of rotatable bonds is 1. The molecule has 0 radical (unpaired) electrons. The van der Waals surface area contributed by atoms with Crippen molar-refractivity contribution in [2.45, 2.75) is 25.6 Å². The number of fused-ring (bicyclic) bond motifs is 1. The quantitative estimate of drug-likeness (QED) is 0.781. The molecule has 22 heavy (non-hydrogen) atoms. The maximum Gasteiger partial charge on any atom is 0.253 e. The first-order valence-electron chi connectivity index (χ1n) is 7.96. The summed E-state index contributed by atoms with van der Waals surface area (Å²) in [6, 6.07) is 8.49. The van der Waals surface area contributed by atoms with E-state index in [1.165, 1.54) is 11.3 Å². The third-order valence-electron chi connectivity index (χ3n) is 4.64. The Morgan fingerprint density at radius 1 is 1.23 bits per heavy atom. The number of nitrogens with zero attached hydrogens (tertiary/aromatic N) is 3. The predicted octanol–water partition coefficient (Wildman–Crippen LogP) is 1.18. The Morgan fingerprint density at radius 3 is 2.77 bits per heavy atom. The summed E-state index contributed by atoms with van der Waals surface area (Å²) in [6.45, 7) is 5.82. The van der Waals surface area contributed by atoms with E-state index in [1.54, 1.807) is 0 Å². The van der Waals surface area contributed by atoms with Crippen molar-refractivity contribution in [1.29, 1.82) is 0 Å². The molecule has 5 nitrogen and oxygen atoms in total. The van der Waals surface area contributed by atoms with Gasteiger partial charge in [-0.1, -0.05) is 18.2 Å². The SMILES string of the molecule is C[C@H]1CN(C)c2ccccc2CN1C(=O)[C@@H]1CN(C)CCO1. The van der Waals surface area contributed by atoms with E-state index >= 15 is 0 Å². The van der Waals surface area contributed by atoms with Crippen molar-refractivity contribution in [2.75, 3.05) is 45.2 Å². The molecule has 0 aromatic heterocycles. The molecule has 1 fully saturated rings. The first-order valence-corrected chi connectivity index (χ1v) is 7.96. The smallest absolute Gasteiger partial charge is 0.253 e. The Morgan fingerprint density at radius 2 is 2.00 bits per heavy atom. The van der Waals surface area contributed by atoms with E-state index in [-0.39, 0.29) is 18.1 Å². The second-order valence-corrected chi connectivity index (χ2v) is 6.45. The maximum absolute atomic E-state index is 12.9. The third-order valence-corrected chi connectivity index (χ3v) is 4.64. The molecule has 120 valence electrons. The van der Waals surface area contributed by atoms with Crippen LogP contribution in [0, 0.1) is 0 Å². The summed E-state index contributed by atoms with van der Waals surface area (Å²) in [5.41, 5.74) is 2.41. The average molecular weight is 303 g/mol. The first kappa shape index (κ1) is 15.3. The number of carbonyl (C=O) groups is 1. The van der Waals surface area contributed by atoms with E-state index in [0.29, 0.717) is 19.7 Å². The van der Waals surface area contributed by atoms with Crippen LogP contribution in [0.25, 0.3) is 0 Å². The number of ether oxygens (including phenoxy) is 1. The minimum atomic E-state index is -0.336. The zero-order chi connectivity index (χ0) is 15.7. The topological polar surface area (TPSA) is 36.0 Å². The van der Waals surface area contributed by atoms with Crippen LogP contribution in [-0.4, -0.2) is 68.2 Å². The molecular formula is C17H25N3O2. The summed E-state index contributed by atoms with van der Waals surface area (Å²) in [5.74, 6) is 0.115. The Hall–Kier alpha value is -1.59. The normalized spacial score (nSPS) is 26.5. The van der Waals surface area contributed by atoms with Crippen LogP contribution >= 0.6 is 0 Å². The van der Waals surface area contributed by atoms with Gasteiger partial charge in [0.1, 0.15) is 6.10 Å². The first-order chi connectivity index (χ1) is 10.6. The van der Waals surface area contributed by atoms with Crippen molar-refractivity contribution in [3.63, 3.8) is 0 Å². The Kier molecular flexibility index (Phi) is 4.36. The molecule has 0 N–H and O–H groups in total. The highest BCUT2D eigenvalue weighted by molar-refractivity contribution is 5.82. The molecule has 1 aromatic rings. The Labute approximate surface area is 132 Å². The number of hydrogen-bond acceptors (Lipinski definition) is 4. The summed E-state index contributed by atoms with van der Waals surface area (Å²) in [6.07, 6.45) is -0.336. The van der Waals surface area contributed by atoms with Gasteiger partial charge in [-0.15, -0.1) is 0 Å². The van der Waals surface area contributed by atoms with Crippen LogP contribution in [0.1, 0.15) is 12.5 Å². The van der Waals surface area contributed by atoms with Gasteiger partial charge in [0.25, 0.3) is 5.91 Å². The number of likely N-dealkylation sites (N-methyl/N-ethyl adjacent to an activating group) is 2. The van der Waals surface area contributed by atoms with Crippen molar-refractivity contribution in [3.8, 4) is 0 Å². The Bertz CT molecular complexity index is 548. The third kappa shape index (κ3) is 2.96. The maximum atomic E-state index is 12.9. The highest BCUT2D eigenvalue weighted by atomic mass is 16.5. The summed E-state index contributed by atoms with van der Waals surface area (Å²) in [4.78, 5) is 19.3. The van der Waals surface area contributed by atoms with Crippen LogP contribution in [0.4, 0.5) is 5.69 Å². The molecular weight excluding hydrogens is 278 g/mol. The molecule has 0 bridgehead atoms. The zero-order valence-corrected chi connectivity index (χ0v) is 13.7. The summed E-state index contributed by atoms with van der Waals surface area (Å²) >= 11 is 0. The van der Waals surface area contributed by atoms with Gasteiger partial charge in [0.15, 0.2) is 0 Å². The van der Waals surface area contributed by atoms with Crippen LogP contribution in [0.2, 0.25) is 0 Å². The lowest BCUT2D eigenvalue weighted by Crippen LogP contribution is -2.52. The van der Waals surface area contributed by atoms with E-state index in [9.17, 15) is 4.79 Å². The molecule has 0 unspecified atom stereocenters. The van der Waals surface area contributed by atoms with Crippen LogP contribution < -0.4 is 4.90 Å². The lowest BCUT2D eigenvalue weighted by Gasteiger charge is -2.35. The number of morpholine rings is 1. The minimum Gasteiger partial charge on any atom is -0.372 e. The molecule has 2 aliphatic heterocycles. The van der Waals surface area contributed by atoms with E-state index in [0.717, 1.165) is 13.1 Å². The fourth-order valence-corrected chi connectivity index (χ4v) is 3.36. The number of hydrogen-bond donors (Lipinski definition) is 0. The van der Waals surface area contributed by atoms with Gasteiger partial charge in [-0.25, -0.2) is 0 Å². The second kappa shape index (κ2) is 6.26. The monoisotopic (exact) mass is 303 g/mol. The highest BCUT2D eigenvalue weighted by Crippen LogP contribution is 2.26. The predicted molar refractivity (Wildman–Crippen MR) is 87.0 cm³/mol. The number of benzene rings is 1. The van der Waals surface area contributed by atoms with Crippen molar-refractivity contribution in [1.82, 2.24) is 9.80 Å². The number of carbonyl (C=O) groups excluding carboxylic acids is 1. The fourth-order valence-electron chi connectivity index (χ4n) is 3.36. The molecule has 3 rings (SSSR count). The van der Waals surface area contributed by atoms with Gasteiger partial charge in [0.2, 0.25) is 0 Å². The average Bonchev–Trinajstić information content (AvgIpc) is 2.63. The van der Waals surface area contributed by atoms with E-state index in [4.69, 9.17) is 4.74 Å². The minimum absolute atomic E-state index is 0.115. The van der Waals surface area contributed by atoms with Crippen molar-refractivity contribution >= 4 is 11.6 Å². The number of anilines is 1. The molecule has 2 atom stereocenters. The lowest BCUT2D eigenvalue weighted by atomic mass is 10.1. The molecule has 5 heteroatoms. The van der Waals surface area contributed by atoms with Crippen LogP contribution in [0.5, 0.6) is 0 Å². The van der Waals surface area contributed by atoms with Crippen molar-refractivity contribution < 1.29 is 9.53 Å². The largest absolute Gasteiger partial charge is 0.372 e. The van der Waals surface area contributed by atoms with Gasteiger partial charge in [0.05, 0.1) is 6.61 Å². The molecule has 2 heterocycles. The van der Waals surface area contributed by atoms with E-state index in [2.05, 4.69) is 42.0 Å². The van der Waals surface area contributed by atoms with Crippen molar-refractivity contribution in [3.05, 3.63) is 29.8 Å². The molecule has 0 spiro atoms.